The molecule has 1 aromatic heterocycles. The molecule has 5 rings (SSSR count). The van der Waals surface area contributed by atoms with Crippen molar-refractivity contribution < 1.29 is 19.0 Å². The zero-order valence-corrected chi connectivity index (χ0v) is 20.9. The Kier molecular flexibility index (Phi) is 6.97. The summed E-state index contributed by atoms with van der Waals surface area (Å²) in [5, 5.41) is 12.4. The summed E-state index contributed by atoms with van der Waals surface area (Å²) < 4.78 is 19.6. The van der Waals surface area contributed by atoms with Crippen LogP contribution < -0.4 is 14.8 Å². The average Bonchev–Trinajstić information content (AvgIpc) is 3.42. The van der Waals surface area contributed by atoms with E-state index in [2.05, 4.69) is 21.6 Å². The van der Waals surface area contributed by atoms with Gasteiger partial charge >= 0.3 is 0 Å². The Morgan fingerprint density at radius 2 is 1.94 bits per heavy atom. The van der Waals surface area contributed by atoms with Gasteiger partial charge in [-0.2, -0.15) is 0 Å². The maximum absolute atomic E-state index is 12.7. The van der Waals surface area contributed by atoms with Crippen molar-refractivity contribution in [1.82, 2.24) is 14.8 Å². The number of amides is 1. The fourth-order valence-electron chi connectivity index (χ4n) is 4.57. The van der Waals surface area contributed by atoms with Gasteiger partial charge in [-0.3, -0.25) is 9.36 Å². The number of carbonyl (C=O) groups excluding carboxylic acids is 1. The highest BCUT2D eigenvalue weighted by Crippen LogP contribution is 2.46. The van der Waals surface area contributed by atoms with Crippen LogP contribution in [0.15, 0.2) is 47.6 Å². The van der Waals surface area contributed by atoms with E-state index < -0.39 is 5.79 Å². The van der Waals surface area contributed by atoms with Crippen LogP contribution in [0.25, 0.3) is 11.4 Å². The van der Waals surface area contributed by atoms with Gasteiger partial charge in [-0.05, 0) is 38.0 Å². The lowest BCUT2D eigenvalue weighted by molar-refractivity contribution is -0.113. The van der Waals surface area contributed by atoms with E-state index in [9.17, 15) is 4.79 Å². The third kappa shape index (κ3) is 5.31. The fraction of sp³-hybridized carbons (Fsp3) is 0.423. The van der Waals surface area contributed by atoms with Crippen LogP contribution in [0.3, 0.4) is 0 Å². The number of anilines is 1. The topological polar surface area (TPSA) is 87.5 Å². The molecule has 184 valence electrons. The number of aromatic nitrogens is 3. The molecule has 0 bridgehead atoms. The molecule has 1 aliphatic carbocycles. The molecule has 1 amide bonds. The lowest BCUT2D eigenvalue weighted by Crippen LogP contribution is -2.40. The van der Waals surface area contributed by atoms with E-state index in [0.717, 1.165) is 48.4 Å². The third-order valence-electron chi connectivity index (χ3n) is 6.28. The van der Waals surface area contributed by atoms with Crippen LogP contribution in [0, 0.1) is 6.92 Å². The first-order chi connectivity index (χ1) is 17.0. The summed E-state index contributed by atoms with van der Waals surface area (Å²) in [6, 6.07) is 13.7. The van der Waals surface area contributed by atoms with Gasteiger partial charge in [0.15, 0.2) is 22.5 Å². The molecule has 1 aliphatic heterocycles. The fourth-order valence-corrected chi connectivity index (χ4v) is 5.34. The van der Waals surface area contributed by atoms with E-state index >= 15 is 0 Å². The second kappa shape index (κ2) is 10.3. The average molecular weight is 495 g/mol. The SMILES string of the molecule is COCCn1c(SCC(=O)Nc2ccc3c(c2)OC2(CCCCC2)O3)nnc1-c1cccc(C)c1. The summed E-state index contributed by atoms with van der Waals surface area (Å²) in [5.74, 6) is 1.76. The molecule has 35 heavy (non-hydrogen) atoms. The van der Waals surface area contributed by atoms with Crippen molar-refractivity contribution >= 4 is 23.4 Å². The van der Waals surface area contributed by atoms with Gasteiger partial charge in [-0.15, -0.1) is 10.2 Å². The van der Waals surface area contributed by atoms with Crippen molar-refractivity contribution in [1.29, 1.82) is 0 Å². The van der Waals surface area contributed by atoms with Gasteiger partial charge in [-0.1, -0.05) is 41.9 Å². The van der Waals surface area contributed by atoms with E-state index in [-0.39, 0.29) is 11.7 Å². The zero-order valence-electron chi connectivity index (χ0n) is 20.1. The maximum Gasteiger partial charge on any atom is 0.251 e. The van der Waals surface area contributed by atoms with Crippen LogP contribution in [0.5, 0.6) is 11.5 Å². The lowest BCUT2D eigenvalue weighted by Gasteiger charge is -2.31. The van der Waals surface area contributed by atoms with Crippen LogP contribution in [0.4, 0.5) is 5.69 Å². The largest absolute Gasteiger partial charge is 0.448 e. The van der Waals surface area contributed by atoms with Gasteiger partial charge in [0.2, 0.25) is 5.91 Å². The van der Waals surface area contributed by atoms with E-state index in [0.29, 0.717) is 29.7 Å². The van der Waals surface area contributed by atoms with Crippen LogP contribution in [-0.2, 0) is 16.1 Å². The van der Waals surface area contributed by atoms with Gasteiger partial charge in [0.05, 0.1) is 18.9 Å². The van der Waals surface area contributed by atoms with Gasteiger partial charge in [0.25, 0.3) is 5.79 Å². The molecule has 1 saturated carbocycles. The minimum absolute atomic E-state index is 0.125. The molecule has 0 saturated heterocycles. The summed E-state index contributed by atoms with van der Waals surface area (Å²) in [4.78, 5) is 12.7. The summed E-state index contributed by atoms with van der Waals surface area (Å²) in [6.45, 7) is 3.17. The number of ether oxygens (including phenoxy) is 3. The molecule has 0 radical (unpaired) electrons. The number of carbonyl (C=O) groups is 1. The highest BCUT2D eigenvalue weighted by Gasteiger charge is 2.42. The molecular formula is C26H30N4O4S. The summed E-state index contributed by atoms with van der Waals surface area (Å²) >= 11 is 1.35. The monoisotopic (exact) mass is 494 g/mol. The van der Waals surface area contributed by atoms with Crippen molar-refractivity contribution in [2.45, 2.75) is 56.5 Å². The Morgan fingerprint density at radius 1 is 1.11 bits per heavy atom. The number of nitrogens with one attached hydrogen (secondary N) is 1. The Bertz CT molecular complexity index is 1210. The zero-order chi connectivity index (χ0) is 24.3. The number of hydrogen-bond donors (Lipinski definition) is 1. The molecule has 2 aliphatic rings. The molecule has 0 atom stereocenters. The van der Waals surface area contributed by atoms with Gasteiger partial charge in [0, 0.05) is 37.3 Å². The number of nitrogens with zero attached hydrogens (tertiary/aromatic N) is 3. The first kappa shape index (κ1) is 23.7. The first-order valence-electron chi connectivity index (χ1n) is 12.0. The molecule has 8 nitrogen and oxygen atoms in total. The maximum atomic E-state index is 12.7. The summed E-state index contributed by atoms with van der Waals surface area (Å²) in [6.07, 6.45) is 5.23. The van der Waals surface area contributed by atoms with E-state index in [1.807, 2.05) is 47.9 Å². The summed E-state index contributed by atoms with van der Waals surface area (Å²) in [7, 11) is 1.67. The van der Waals surface area contributed by atoms with E-state index in [4.69, 9.17) is 14.2 Å². The Hall–Kier alpha value is -3.04. The minimum Gasteiger partial charge on any atom is -0.448 e. The normalized spacial score (nSPS) is 15.9. The van der Waals surface area contributed by atoms with Crippen LogP contribution >= 0.6 is 11.8 Å². The van der Waals surface area contributed by atoms with Crippen LogP contribution in [0.1, 0.15) is 37.7 Å². The number of fused-ring (bicyclic) bond motifs is 1. The van der Waals surface area contributed by atoms with Crippen molar-refractivity contribution in [2.24, 2.45) is 0 Å². The van der Waals surface area contributed by atoms with Gasteiger partial charge in [-0.25, -0.2) is 0 Å². The lowest BCUT2D eigenvalue weighted by atomic mass is 9.94. The van der Waals surface area contributed by atoms with Crippen LogP contribution in [-0.4, -0.2) is 45.9 Å². The smallest absolute Gasteiger partial charge is 0.251 e. The predicted octanol–water partition coefficient (Wildman–Crippen LogP) is 5.06. The van der Waals surface area contributed by atoms with Crippen molar-refractivity contribution in [3.8, 4) is 22.9 Å². The number of benzene rings is 2. The number of aryl methyl sites for hydroxylation is 1. The molecule has 1 N–H and O–H groups in total. The molecule has 1 spiro atoms. The third-order valence-corrected chi connectivity index (χ3v) is 7.25. The first-order valence-corrected chi connectivity index (χ1v) is 13.0. The van der Waals surface area contributed by atoms with E-state index in [1.54, 1.807) is 7.11 Å². The number of hydrogen-bond acceptors (Lipinski definition) is 7. The Labute approximate surface area is 209 Å². The van der Waals surface area contributed by atoms with Gasteiger partial charge in [0.1, 0.15) is 0 Å². The molecule has 9 heteroatoms. The quantitative estimate of drug-likeness (QED) is 0.438. The number of rotatable bonds is 8. The molecule has 0 unspecified atom stereocenters. The van der Waals surface area contributed by atoms with E-state index in [1.165, 1.54) is 18.2 Å². The van der Waals surface area contributed by atoms with Crippen LogP contribution in [0.2, 0.25) is 0 Å². The predicted molar refractivity (Wildman–Crippen MR) is 135 cm³/mol. The molecule has 2 heterocycles. The van der Waals surface area contributed by atoms with Gasteiger partial charge < -0.3 is 19.5 Å². The van der Waals surface area contributed by atoms with Crippen molar-refractivity contribution in [3.05, 3.63) is 48.0 Å². The van der Waals surface area contributed by atoms with Crippen molar-refractivity contribution in [3.63, 3.8) is 0 Å². The van der Waals surface area contributed by atoms with Crippen molar-refractivity contribution in [2.75, 3.05) is 24.8 Å². The molecular weight excluding hydrogens is 464 g/mol. The second-order valence-electron chi connectivity index (χ2n) is 8.99. The number of thioether (sulfide) groups is 1. The molecule has 2 aromatic carbocycles. The summed E-state index contributed by atoms with van der Waals surface area (Å²) in [5.41, 5.74) is 2.82. The Morgan fingerprint density at radius 3 is 2.74 bits per heavy atom. The number of methoxy groups -OCH3 is 1. The molecule has 1 fully saturated rings. The standard InChI is InChI=1S/C26H30N4O4S/c1-18-7-6-8-19(15-18)24-28-29-25(30(24)13-14-32-2)35-17-23(31)27-20-9-10-21-22(16-20)34-26(33-21)11-4-3-5-12-26/h6-10,15-16H,3-5,11-14,17H2,1-2H3,(H,27,31). The second-order valence-corrected chi connectivity index (χ2v) is 9.94. The molecule has 3 aromatic rings. The Balaban J connectivity index is 1.24. The highest BCUT2D eigenvalue weighted by atomic mass is 32.2. The highest BCUT2D eigenvalue weighted by molar-refractivity contribution is 7.99. The minimum atomic E-state index is -0.527.